The lowest BCUT2D eigenvalue weighted by Gasteiger charge is -2.49. The van der Waals surface area contributed by atoms with Crippen molar-refractivity contribution in [2.45, 2.75) is 117 Å². The topological polar surface area (TPSA) is 13.0 Å². The van der Waals surface area contributed by atoms with Crippen molar-refractivity contribution in [2.24, 2.45) is 0 Å². The van der Waals surface area contributed by atoms with E-state index in [1.807, 2.05) is 0 Å². The zero-order valence-electron chi connectivity index (χ0n) is 19.8. The molecule has 2 rings (SSSR count). The van der Waals surface area contributed by atoms with Crippen LogP contribution < -0.4 is 0 Å². The van der Waals surface area contributed by atoms with E-state index in [0.717, 1.165) is 0 Å². The fraction of sp³-hybridized carbons (Fsp3) is 1.00. The molecule has 0 aromatic heterocycles. The van der Waals surface area contributed by atoms with E-state index in [9.17, 15) is 0 Å². The fourth-order valence-electron chi connectivity index (χ4n) is 5.71. The standard InChI is InChI=1S/C23H48N4/c1-17(2)24-12-13-26(21(7)14-24)20(6)11-10-19(5)25-15-22(8)27(18(3)4)23(9)16-25/h17-23H,10-16H2,1-9H3. The Hall–Kier alpha value is -0.160. The van der Waals surface area contributed by atoms with E-state index in [2.05, 4.69) is 81.9 Å². The lowest BCUT2D eigenvalue weighted by Crippen LogP contribution is -2.60. The van der Waals surface area contributed by atoms with Crippen LogP contribution >= 0.6 is 0 Å². The molecule has 5 atom stereocenters. The van der Waals surface area contributed by atoms with Gasteiger partial charge < -0.3 is 0 Å². The van der Waals surface area contributed by atoms with Gasteiger partial charge in [0.2, 0.25) is 0 Å². The van der Waals surface area contributed by atoms with Crippen molar-refractivity contribution in [3.63, 3.8) is 0 Å². The van der Waals surface area contributed by atoms with Gasteiger partial charge >= 0.3 is 0 Å². The van der Waals surface area contributed by atoms with Crippen LogP contribution in [0.3, 0.4) is 0 Å². The second-order valence-corrected chi connectivity index (χ2v) is 10.1. The van der Waals surface area contributed by atoms with Crippen molar-refractivity contribution in [1.29, 1.82) is 0 Å². The molecule has 2 saturated heterocycles. The van der Waals surface area contributed by atoms with Crippen LogP contribution in [-0.4, -0.2) is 94.6 Å². The Morgan fingerprint density at radius 1 is 0.630 bits per heavy atom. The van der Waals surface area contributed by atoms with Gasteiger partial charge in [0, 0.05) is 75.0 Å². The molecule has 0 spiro atoms. The number of hydrogen-bond donors (Lipinski definition) is 0. The molecule has 0 bridgehead atoms. The highest BCUT2D eigenvalue weighted by Gasteiger charge is 2.33. The third-order valence-electron chi connectivity index (χ3n) is 7.24. The highest BCUT2D eigenvalue weighted by Crippen LogP contribution is 2.23. The highest BCUT2D eigenvalue weighted by molar-refractivity contribution is 4.89. The Morgan fingerprint density at radius 2 is 1.15 bits per heavy atom. The molecular formula is C23H48N4. The zero-order chi connectivity index (χ0) is 20.3. The van der Waals surface area contributed by atoms with Crippen LogP contribution in [0.15, 0.2) is 0 Å². The van der Waals surface area contributed by atoms with Gasteiger partial charge in [-0.1, -0.05) is 0 Å². The average molecular weight is 381 g/mol. The van der Waals surface area contributed by atoms with E-state index in [0.29, 0.717) is 42.3 Å². The Kier molecular flexibility index (Phi) is 8.60. The maximum Gasteiger partial charge on any atom is 0.0201 e. The van der Waals surface area contributed by atoms with Crippen LogP contribution in [0.25, 0.3) is 0 Å². The van der Waals surface area contributed by atoms with Crippen molar-refractivity contribution < 1.29 is 0 Å². The largest absolute Gasteiger partial charge is 0.298 e. The summed E-state index contributed by atoms with van der Waals surface area (Å²) in [5.74, 6) is 0. The first-order valence-electron chi connectivity index (χ1n) is 11.6. The molecule has 0 saturated carbocycles. The Balaban J connectivity index is 1.81. The molecule has 5 unspecified atom stereocenters. The smallest absolute Gasteiger partial charge is 0.0201 e. The van der Waals surface area contributed by atoms with Gasteiger partial charge in [-0.25, -0.2) is 0 Å². The first-order chi connectivity index (χ1) is 12.6. The first-order valence-corrected chi connectivity index (χ1v) is 11.6. The minimum Gasteiger partial charge on any atom is -0.298 e. The van der Waals surface area contributed by atoms with Gasteiger partial charge in [-0.3, -0.25) is 19.6 Å². The van der Waals surface area contributed by atoms with Crippen molar-refractivity contribution in [3.8, 4) is 0 Å². The third kappa shape index (κ3) is 5.91. The molecule has 2 fully saturated rings. The van der Waals surface area contributed by atoms with Crippen molar-refractivity contribution in [2.75, 3.05) is 32.7 Å². The molecule has 2 heterocycles. The van der Waals surface area contributed by atoms with Gasteiger partial charge in [0.05, 0.1) is 0 Å². The molecule has 0 aromatic carbocycles. The zero-order valence-corrected chi connectivity index (χ0v) is 19.8. The number of rotatable bonds is 7. The van der Waals surface area contributed by atoms with Crippen LogP contribution in [0, 0.1) is 0 Å². The van der Waals surface area contributed by atoms with Crippen LogP contribution in [0.4, 0.5) is 0 Å². The van der Waals surface area contributed by atoms with Gasteiger partial charge in [0.25, 0.3) is 0 Å². The number of hydrogen-bond acceptors (Lipinski definition) is 4. The maximum atomic E-state index is 2.76. The summed E-state index contributed by atoms with van der Waals surface area (Å²) < 4.78 is 0. The Labute approximate surface area is 170 Å². The minimum atomic E-state index is 0.651. The van der Waals surface area contributed by atoms with E-state index < -0.39 is 0 Å². The summed E-state index contributed by atoms with van der Waals surface area (Å²) in [7, 11) is 0. The summed E-state index contributed by atoms with van der Waals surface area (Å²) in [6.07, 6.45) is 2.64. The van der Waals surface area contributed by atoms with Crippen molar-refractivity contribution >= 4 is 0 Å². The second kappa shape index (κ2) is 10.0. The minimum absolute atomic E-state index is 0.651. The Morgan fingerprint density at radius 3 is 1.63 bits per heavy atom. The fourth-order valence-corrected chi connectivity index (χ4v) is 5.71. The van der Waals surface area contributed by atoms with E-state index >= 15 is 0 Å². The van der Waals surface area contributed by atoms with E-state index in [1.165, 1.54) is 45.6 Å². The van der Waals surface area contributed by atoms with E-state index in [-0.39, 0.29) is 0 Å². The maximum absolute atomic E-state index is 2.76. The summed E-state index contributed by atoms with van der Waals surface area (Å²) in [6, 6.07) is 4.73. The molecule has 0 amide bonds. The van der Waals surface area contributed by atoms with Gasteiger partial charge in [-0.15, -0.1) is 0 Å². The van der Waals surface area contributed by atoms with Gasteiger partial charge in [0.1, 0.15) is 0 Å². The molecule has 2 aliphatic heterocycles. The second-order valence-electron chi connectivity index (χ2n) is 10.1. The molecular weight excluding hydrogens is 332 g/mol. The summed E-state index contributed by atoms with van der Waals surface area (Å²) in [4.78, 5) is 10.8. The van der Waals surface area contributed by atoms with E-state index in [1.54, 1.807) is 0 Å². The molecule has 0 N–H and O–H groups in total. The van der Waals surface area contributed by atoms with Gasteiger partial charge in [-0.2, -0.15) is 0 Å². The van der Waals surface area contributed by atoms with Crippen molar-refractivity contribution in [3.05, 3.63) is 0 Å². The average Bonchev–Trinajstić information content (AvgIpc) is 2.58. The van der Waals surface area contributed by atoms with Crippen LogP contribution in [-0.2, 0) is 0 Å². The molecule has 2 aliphatic rings. The van der Waals surface area contributed by atoms with Crippen molar-refractivity contribution in [1.82, 2.24) is 19.6 Å². The third-order valence-corrected chi connectivity index (χ3v) is 7.24. The SMILES string of the molecule is CC(C)N1CCN(C(C)CCC(C)N2CC(C)N(C(C)C)C(C)C2)C(C)C1. The predicted octanol–water partition coefficient (Wildman–Crippen LogP) is 3.76. The predicted molar refractivity (Wildman–Crippen MR) is 119 cm³/mol. The lowest BCUT2D eigenvalue weighted by atomic mass is 9.99. The molecule has 0 aliphatic carbocycles. The van der Waals surface area contributed by atoms with E-state index in [4.69, 9.17) is 0 Å². The summed E-state index contributed by atoms with van der Waals surface area (Å²) in [6.45, 7) is 27.6. The van der Waals surface area contributed by atoms with Gasteiger partial charge in [-0.05, 0) is 75.2 Å². The molecule has 0 aromatic rings. The molecule has 4 heteroatoms. The summed E-state index contributed by atoms with van der Waals surface area (Å²) in [5.41, 5.74) is 0. The molecule has 160 valence electrons. The molecule has 27 heavy (non-hydrogen) atoms. The quantitative estimate of drug-likeness (QED) is 0.666. The normalized spacial score (nSPS) is 32.3. The number of nitrogens with zero attached hydrogens (tertiary/aromatic N) is 4. The number of piperazine rings is 2. The highest BCUT2D eigenvalue weighted by atomic mass is 15.3. The van der Waals surface area contributed by atoms with Crippen LogP contribution in [0.5, 0.6) is 0 Å². The van der Waals surface area contributed by atoms with Crippen LogP contribution in [0.2, 0.25) is 0 Å². The van der Waals surface area contributed by atoms with Gasteiger partial charge in [0.15, 0.2) is 0 Å². The molecule has 0 radical (unpaired) electrons. The lowest BCUT2D eigenvalue weighted by molar-refractivity contribution is -0.00445. The van der Waals surface area contributed by atoms with Crippen LogP contribution in [0.1, 0.15) is 75.2 Å². The summed E-state index contributed by atoms with van der Waals surface area (Å²) in [5, 5.41) is 0. The monoisotopic (exact) mass is 380 g/mol. The first kappa shape index (κ1) is 23.1. The molecule has 4 nitrogen and oxygen atoms in total. The summed E-state index contributed by atoms with van der Waals surface area (Å²) >= 11 is 0. The Bertz CT molecular complexity index is 426.